The number of nitrogens with zero attached hydrogens (tertiary/aromatic N) is 3. The number of esters is 1. The van der Waals surface area contributed by atoms with Crippen LogP contribution in [0.4, 0.5) is 11.5 Å². The minimum Gasteiger partial charge on any atom is -0.469 e. The summed E-state index contributed by atoms with van der Waals surface area (Å²) >= 11 is 0. The first kappa shape index (κ1) is 15.9. The Morgan fingerprint density at radius 1 is 1.45 bits per heavy atom. The van der Waals surface area contributed by atoms with Crippen LogP contribution in [0.25, 0.3) is 0 Å². The molecule has 0 aromatic carbocycles. The normalized spacial score (nSPS) is 10.3. The van der Waals surface area contributed by atoms with Crippen molar-refractivity contribution in [2.24, 2.45) is 7.05 Å². The largest absolute Gasteiger partial charge is 0.469 e. The smallest absolute Gasteiger partial charge is 0.333 e. The molecule has 1 heterocycles. The van der Waals surface area contributed by atoms with Crippen molar-refractivity contribution in [1.82, 2.24) is 9.78 Å². The summed E-state index contributed by atoms with van der Waals surface area (Å²) in [7, 11) is 3.04. The van der Waals surface area contributed by atoms with Gasteiger partial charge in [0.15, 0.2) is 0 Å². The van der Waals surface area contributed by atoms with Gasteiger partial charge in [-0.1, -0.05) is 6.42 Å². The Morgan fingerprint density at radius 2 is 2.15 bits per heavy atom. The molecule has 0 saturated heterocycles. The molecule has 112 valence electrons. The molecule has 0 atom stereocenters. The van der Waals surface area contributed by atoms with Gasteiger partial charge in [0.25, 0.3) is 0 Å². The van der Waals surface area contributed by atoms with Gasteiger partial charge in [-0.3, -0.25) is 14.9 Å². The van der Waals surface area contributed by atoms with E-state index in [1.54, 1.807) is 14.0 Å². The Kier molecular flexibility index (Phi) is 5.95. The fourth-order valence-electron chi connectivity index (χ4n) is 1.94. The molecule has 0 fully saturated rings. The van der Waals surface area contributed by atoms with Crippen LogP contribution in [0.5, 0.6) is 0 Å². The molecule has 0 radical (unpaired) electrons. The summed E-state index contributed by atoms with van der Waals surface area (Å²) in [5.74, 6) is 0.205. The van der Waals surface area contributed by atoms with Crippen LogP contribution in [0.3, 0.4) is 0 Å². The van der Waals surface area contributed by atoms with Crippen LogP contribution in [-0.2, 0) is 16.6 Å². The van der Waals surface area contributed by atoms with E-state index in [1.165, 1.54) is 11.8 Å². The minimum absolute atomic E-state index is 0.0158. The highest BCUT2D eigenvalue weighted by molar-refractivity contribution is 5.68. The molecule has 1 N–H and O–H groups in total. The first-order valence-electron chi connectivity index (χ1n) is 6.46. The highest BCUT2D eigenvalue weighted by Gasteiger charge is 2.23. The molecule has 0 bridgehead atoms. The van der Waals surface area contributed by atoms with E-state index < -0.39 is 4.92 Å². The zero-order valence-corrected chi connectivity index (χ0v) is 12.0. The molecule has 0 amide bonds. The second-order valence-corrected chi connectivity index (χ2v) is 4.48. The van der Waals surface area contributed by atoms with Gasteiger partial charge in [0.05, 0.1) is 12.0 Å². The van der Waals surface area contributed by atoms with Gasteiger partial charge in [0, 0.05) is 20.0 Å². The van der Waals surface area contributed by atoms with Crippen molar-refractivity contribution < 1.29 is 14.5 Å². The zero-order chi connectivity index (χ0) is 15.1. The predicted octanol–water partition coefficient (Wildman–Crippen LogP) is 1.78. The number of unbranched alkanes of at least 4 members (excludes halogenated alkanes) is 2. The van der Waals surface area contributed by atoms with Gasteiger partial charge in [-0.05, 0) is 19.8 Å². The lowest BCUT2D eigenvalue weighted by Crippen LogP contribution is -2.08. The molecule has 8 heteroatoms. The van der Waals surface area contributed by atoms with E-state index in [1.807, 2.05) is 0 Å². The molecule has 1 aromatic rings. The Labute approximate surface area is 117 Å². The number of aromatic nitrogens is 2. The molecule has 0 aliphatic heterocycles. The highest BCUT2D eigenvalue weighted by Crippen LogP contribution is 2.27. The van der Waals surface area contributed by atoms with E-state index in [0.717, 1.165) is 19.3 Å². The number of ether oxygens (including phenoxy) is 1. The average molecular weight is 284 g/mol. The highest BCUT2D eigenvalue weighted by atomic mass is 16.6. The van der Waals surface area contributed by atoms with Crippen molar-refractivity contribution in [2.75, 3.05) is 19.0 Å². The first-order chi connectivity index (χ1) is 9.47. The summed E-state index contributed by atoms with van der Waals surface area (Å²) in [6.45, 7) is 2.21. The Hall–Kier alpha value is -2.12. The quantitative estimate of drug-likeness (QED) is 0.338. The summed E-state index contributed by atoms with van der Waals surface area (Å²) in [6.07, 6.45) is 2.83. The topological polar surface area (TPSA) is 99.3 Å². The van der Waals surface area contributed by atoms with E-state index in [-0.39, 0.29) is 11.7 Å². The summed E-state index contributed by atoms with van der Waals surface area (Å²) in [4.78, 5) is 21.4. The number of carbonyl (C=O) groups excluding carboxylic acids is 1. The van der Waals surface area contributed by atoms with Gasteiger partial charge in [0.2, 0.25) is 5.82 Å². The molecule has 1 aromatic heterocycles. The number of hydrogen-bond donors (Lipinski definition) is 1. The molecule has 0 aliphatic carbocycles. The van der Waals surface area contributed by atoms with E-state index in [0.29, 0.717) is 24.5 Å². The molecular weight excluding hydrogens is 264 g/mol. The van der Waals surface area contributed by atoms with Crippen LogP contribution >= 0.6 is 0 Å². The SMILES string of the molecule is COC(=O)CCCCCNc1c([N+](=O)[O-])c(C)nn1C. The average Bonchev–Trinajstić information content (AvgIpc) is 2.67. The van der Waals surface area contributed by atoms with Crippen LogP contribution in [0, 0.1) is 17.0 Å². The molecule has 20 heavy (non-hydrogen) atoms. The van der Waals surface area contributed by atoms with Gasteiger partial charge >= 0.3 is 11.7 Å². The lowest BCUT2D eigenvalue weighted by Gasteiger charge is -2.05. The first-order valence-corrected chi connectivity index (χ1v) is 6.46. The molecule has 0 aliphatic rings. The lowest BCUT2D eigenvalue weighted by atomic mass is 10.2. The number of nitro groups is 1. The van der Waals surface area contributed by atoms with Gasteiger partial charge in [-0.25, -0.2) is 4.68 Å². The maximum absolute atomic E-state index is 11.0. The van der Waals surface area contributed by atoms with E-state index in [4.69, 9.17) is 0 Å². The summed E-state index contributed by atoms with van der Waals surface area (Å²) < 4.78 is 6.02. The van der Waals surface area contributed by atoms with E-state index in [2.05, 4.69) is 15.2 Å². The van der Waals surface area contributed by atoms with Crippen molar-refractivity contribution in [3.63, 3.8) is 0 Å². The monoisotopic (exact) mass is 284 g/mol. The molecule has 1 rings (SSSR count). The number of nitrogens with one attached hydrogen (secondary N) is 1. The maximum Gasteiger partial charge on any atom is 0.333 e. The van der Waals surface area contributed by atoms with Crippen molar-refractivity contribution in [3.8, 4) is 0 Å². The number of rotatable bonds is 8. The zero-order valence-electron chi connectivity index (χ0n) is 12.0. The Morgan fingerprint density at radius 3 is 2.75 bits per heavy atom. The van der Waals surface area contributed by atoms with Crippen molar-refractivity contribution >= 4 is 17.5 Å². The lowest BCUT2D eigenvalue weighted by molar-refractivity contribution is -0.384. The van der Waals surface area contributed by atoms with Crippen LogP contribution in [0.1, 0.15) is 31.4 Å². The number of hydrogen-bond acceptors (Lipinski definition) is 6. The third-order valence-electron chi connectivity index (χ3n) is 2.95. The minimum atomic E-state index is -0.429. The second kappa shape index (κ2) is 7.46. The van der Waals surface area contributed by atoms with Crippen LogP contribution in [0.15, 0.2) is 0 Å². The van der Waals surface area contributed by atoms with Crippen LogP contribution < -0.4 is 5.32 Å². The molecule has 8 nitrogen and oxygen atoms in total. The maximum atomic E-state index is 11.0. The van der Waals surface area contributed by atoms with Crippen molar-refractivity contribution in [2.45, 2.75) is 32.6 Å². The standard InChI is InChI=1S/C12H20N4O4/c1-9-11(16(18)19)12(15(2)14-9)13-8-6-4-5-7-10(17)20-3/h13H,4-8H2,1-3H3. The molecule has 0 spiro atoms. The van der Waals surface area contributed by atoms with E-state index >= 15 is 0 Å². The van der Waals surface area contributed by atoms with Crippen molar-refractivity contribution in [3.05, 3.63) is 15.8 Å². The van der Waals surface area contributed by atoms with Gasteiger partial charge < -0.3 is 10.1 Å². The second-order valence-electron chi connectivity index (χ2n) is 4.48. The predicted molar refractivity (Wildman–Crippen MR) is 73.6 cm³/mol. The summed E-state index contributed by atoms with van der Waals surface area (Å²) in [5, 5.41) is 18.0. The Balaban J connectivity index is 2.39. The summed E-state index contributed by atoms with van der Waals surface area (Å²) in [6, 6.07) is 0. The number of aryl methyl sites for hydroxylation is 2. The third-order valence-corrected chi connectivity index (χ3v) is 2.95. The fourth-order valence-corrected chi connectivity index (χ4v) is 1.94. The van der Waals surface area contributed by atoms with E-state index in [9.17, 15) is 14.9 Å². The molecule has 0 saturated carbocycles. The number of methoxy groups -OCH3 is 1. The number of carbonyl (C=O) groups is 1. The summed E-state index contributed by atoms with van der Waals surface area (Å²) in [5.41, 5.74) is 0.410. The molecular formula is C12H20N4O4. The Bertz CT molecular complexity index is 484. The third kappa shape index (κ3) is 4.22. The number of anilines is 1. The molecule has 0 unspecified atom stereocenters. The van der Waals surface area contributed by atoms with Crippen LogP contribution in [0.2, 0.25) is 0 Å². The van der Waals surface area contributed by atoms with Gasteiger partial charge in [0.1, 0.15) is 5.69 Å². The van der Waals surface area contributed by atoms with Gasteiger partial charge in [-0.15, -0.1) is 0 Å². The van der Waals surface area contributed by atoms with Crippen LogP contribution in [-0.4, -0.2) is 34.3 Å². The van der Waals surface area contributed by atoms with Gasteiger partial charge in [-0.2, -0.15) is 5.10 Å². The van der Waals surface area contributed by atoms with Crippen molar-refractivity contribution in [1.29, 1.82) is 0 Å². The fraction of sp³-hybridized carbons (Fsp3) is 0.667.